The molecule has 0 radical (unpaired) electrons. The third kappa shape index (κ3) is 1.33. The van der Waals surface area contributed by atoms with Crippen LogP contribution in [0.25, 0.3) is 10.8 Å². The van der Waals surface area contributed by atoms with Gasteiger partial charge in [0.05, 0.1) is 7.11 Å². The minimum atomic E-state index is 0.925. The van der Waals surface area contributed by atoms with Crippen LogP contribution < -0.4 is 4.74 Å². The molecule has 0 amide bonds. The van der Waals surface area contributed by atoms with Gasteiger partial charge in [-0.3, -0.25) is 4.98 Å². The van der Waals surface area contributed by atoms with Crippen molar-refractivity contribution < 1.29 is 4.74 Å². The summed E-state index contributed by atoms with van der Waals surface area (Å²) in [6.07, 6.45) is 1.84. The van der Waals surface area contributed by atoms with Gasteiger partial charge in [0.25, 0.3) is 0 Å². The van der Waals surface area contributed by atoms with Crippen LogP contribution in [0.1, 0.15) is 11.3 Å². The van der Waals surface area contributed by atoms with Crippen molar-refractivity contribution in [3.63, 3.8) is 0 Å². The number of pyridine rings is 1. The molecule has 0 fully saturated rings. The van der Waals surface area contributed by atoms with Crippen molar-refractivity contribution in [2.24, 2.45) is 0 Å². The third-order valence-corrected chi connectivity index (χ3v) is 2.48. The van der Waals surface area contributed by atoms with Crippen molar-refractivity contribution in [1.82, 2.24) is 4.98 Å². The van der Waals surface area contributed by atoms with Gasteiger partial charge in [-0.1, -0.05) is 0 Å². The van der Waals surface area contributed by atoms with E-state index in [4.69, 9.17) is 4.74 Å². The van der Waals surface area contributed by atoms with Gasteiger partial charge in [0.1, 0.15) is 5.75 Å². The Morgan fingerprint density at radius 1 is 1.21 bits per heavy atom. The normalized spacial score (nSPS) is 10.5. The van der Waals surface area contributed by atoms with Crippen LogP contribution in [-0.2, 0) is 0 Å². The fraction of sp³-hybridized carbons (Fsp3) is 0.250. The molecule has 0 bridgehead atoms. The number of nitrogens with zero attached hydrogens (tertiary/aromatic N) is 1. The zero-order chi connectivity index (χ0) is 10.1. The first-order valence-corrected chi connectivity index (χ1v) is 4.62. The van der Waals surface area contributed by atoms with Gasteiger partial charge in [0.2, 0.25) is 0 Å². The minimum Gasteiger partial charge on any atom is -0.496 e. The monoisotopic (exact) mass is 187 g/mol. The average Bonchev–Trinajstić information content (AvgIpc) is 2.17. The second-order valence-electron chi connectivity index (χ2n) is 3.44. The van der Waals surface area contributed by atoms with E-state index in [0.29, 0.717) is 0 Å². The molecule has 2 aromatic rings. The van der Waals surface area contributed by atoms with Gasteiger partial charge in [-0.05, 0) is 43.0 Å². The molecule has 1 heterocycles. The lowest BCUT2D eigenvalue weighted by Gasteiger charge is -2.07. The Morgan fingerprint density at radius 3 is 2.71 bits per heavy atom. The zero-order valence-corrected chi connectivity index (χ0v) is 8.66. The lowest BCUT2D eigenvalue weighted by Crippen LogP contribution is -1.89. The van der Waals surface area contributed by atoms with Crippen LogP contribution in [0.4, 0.5) is 0 Å². The maximum atomic E-state index is 5.28. The summed E-state index contributed by atoms with van der Waals surface area (Å²) in [4.78, 5) is 4.26. The van der Waals surface area contributed by atoms with E-state index in [-0.39, 0.29) is 0 Å². The van der Waals surface area contributed by atoms with Gasteiger partial charge in [-0.25, -0.2) is 0 Å². The second kappa shape index (κ2) is 3.29. The quantitative estimate of drug-likeness (QED) is 0.684. The van der Waals surface area contributed by atoms with E-state index in [9.17, 15) is 0 Å². The summed E-state index contributed by atoms with van der Waals surface area (Å²) in [6.45, 7) is 4.06. The Morgan fingerprint density at radius 2 is 2.00 bits per heavy atom. The fourth-order valence-electron chi connectivity index (χ4n) is 1.68. The van der Waals surface area contributed by atoms with E-state index in [1.807, 2.05) is 32.2 Å². The minimum absolute atomic E-state index is 0.925. The third-order valence-electron chi connectivity index (χ3n) is 2.48. The molecule has 2 rings (SSSR count). The molecule has 0 aliphatic rings. The second-order valence-corrected chi connectivity index (χ2v) is 3.44. The van der Waals surface area contributed by atoms with Crippen molar-refractivity contribution in [3.8, 4) is 5.75 Å². The molecule has 0 spiro atoms. The first kappa shape index (κ1) is 9.00. The van der Waals surface area contributed by atoms with Crippen molar-refractivity contribution in [1.29, 1.82) is 0 Å². The lowest BCUT2D eigenvalue weighted by molar-refractivity contribution is 0.412. The van der Waals surface area contributed by atoms with E-state index in [2.05, 4.69) is 11.1 Å². The van der Waals surface area contributed by atoms with Crippen molar-refractivity contribution in [3.05, 3.63) is 35.7 Å². The van der Waals surface area contributed by atoms with Crippen LogP contribution in [-0.4, -0.2) is 12.1 Å². The summed E-state index contributed by atoms with van der Waals surface area (Å²) in [7, 11) is 1.69. The molecule has 0 N–H and O–H groups in total. The van der Waals surface area contributed by atoms with Crippen LogP contribution >= 0.6 is 0 Å². The van der Waals surface area contributed by atoms with Crippen LogP contribution in [0.15, 0.2) is 24.4 Å². The molecule has 2 heteroatoms. The number of aryl methyl sites for hydroxylation is 2. The van der Waals surface area contributed by atoms with Gasteiger partial charge in [0, 0.05) is 17.3 Å². The van der Waals surface area contributed by atoms with Crippen LogP contribution in [0.3, 0.4) is 0 Å². The Balaban J connectivity index is 2.80. The average molecular weight is 187 g/mol. The Labute approximate surface area is 83.5 Å². The van der Waals surface area contributed by atoms with E-state index >= 15 is 0 Å². The predicted molar refractivity (Wildman–Crippen MR) is 57.8 cm³/mol. The molecular formula is C12H13NO. The van der Waals surface area contributed by atoms with Gasteiger partial charge < -0.3 is 4.74 Å². The number of ether oxygens (including phenoxy) is 1. The Hall–Kier alpha value is -1.57. The van der Waals surface area contributed by atoms with Crippen LogP contribution in [0, 0.1) is 13.8 Å². The highest BCUT2D eigenvalue weighted by atomic mass is 16.5. The first-order chi connectivity index (χ1) is 6.72. The highest BCUT2D eigenvalue weighted by molar-refractivity contribution is 5.86. The van der Waals surface area contributed by atoms with Crippen molar-refractivity contribution in [2.75, 3.05) is 7.11 Å². The summed E-state index contributed by atoms with van der Waals surface area (Å²) in [5.41, 5.74) is 2.20. The number of fused-ring (bicyclic) bond motifs is 1. The summed E-state index contributed by atoms with van der Waals surface area (Å²) in [5, 5.41) is 2.38. The van der Waals surface area contributed by atoms with Gasteiger partial charge >= 0.3 is 0 Å². The van der Waals surface area contributed by atoms with E-state index in [0.717, 1.165) is 22.4 Å². The van der Waals surface area contributed by atoms with E-state index in [1.54, 1.807) is 7.11 Å². The smallest absolute Gasteiger partial charge is 0.122 e. The molecule has 72 valence electrons. The zero-order valence-electron chi connectivity index (χ0n) is 8.66. The number of hydrogen-bond donors (Lipinski definition) is 0. The molecule has 1 aromatic heterocycles. The summed E-state index contributed by atoms with van der Waals surface area (Å²) >= 11 is 0. The summed E-state index contributed by atoms with van der Waals surface area (Å²) in [6, 6.07) is 6.20. The molecule has 0 atom stereocenters. The molecule has 0 aliphatic carbocycles. The first-order valence-electron chi connectivity index (χ1n) is 4.62. The van der Waals surface area contributed by atoms with Crippen LogP contribution in [0.5, 0.6) is 5.75 Å². The molecule has 0 aliphatic heterocycles. The topological polar surface area (TPSA) is 22.1 Å². The SMILES string of the molecule is COc1cc2c(C)nccc2cc1C. The number of hydrogen-bond acceptors (Lipinski definition) is 2. The number of aromatic nitrogens is 1. The van der Waals surface area contributed by atoms with E-state index in [1.165, 1.54) is 5.39 Å². The lowest BCUT2D eigenvalue weighted by atomic mass is 10.1. The van der Waals surface area contributed by atoms with Gasteiger partial charge in [-0.2, -0.15) is 0 Å². The van der Waals surface area contributed by atoms with Gasteiger partial charge in [-0.15, -0.1) is 0 Å². The fourth-order valence-corrected chi connectivity index (χ4v) is 1.68. The molecule has 2 nitrogen and oxygen atoms in total. The Kier molecular flexibility index (Phi) is 2.12. The summed E-state index contributed by atoms with van der Waals surface area (Å²) in [5.74, 6) is 0.925. The molecule has 0 saturated carbocycles. The number of rotatable bonds is 1. The number of benzene rings is 1. The Bertz CT molecular complexity index is 477. The molecule has 0 unspecified atom stereocenters. The maximum absolute atomic E-state index is 5.28. The van der Waals surface area contributed by atoms with Crippen molar-refractivity contribution >= 4 is 10.8 Å². The molecule has 14 heavy (non-hydrogen) atoms. The predicted octanol–water partition coefficient (Wildman–Crippen LogP) is 2.86. The van der Waals surface area contributed by atoms with Crippen molar-refractivity contribution in [2.45, 2.75) is 13.8 Å². The molecule has 0 saturated heterocycles. The standard InChI is InChI=1S/C12H13NO/c1-8-6-10-4-5-13-9(2)11(10)7-12(8)14-3/h4-7H,1-3H3. The molecule has 1 aromatic carbocycles. The van der Waals surface area contributed by atoms with E-state index < -0.39 is 0 Å². The highest BCUT2D eigenvalue weighted by Crippen LogP contribution is 2.26. The van der Waals surface area contributed by atoms with Gasteiger partial charge in [0.15, 0.2) is 0 Å². The number of methoxy groups -OCH3 is 1. The highest BCUT2D eigenvalue weighted by Gasteiger charge is 2.03. The molecular weight excluding hydrogens is 174 g/mol. The summed E-state index contributed by atoms with van der Waals surface area (Å²) < 4.78 is 5.28. The van der Waals surface area contributed by atoms with Crippen LogP contribution in [0.2, 0.25) is 0 Å². The largest absolute Gasteiger partial charge is 0.496 e. The maximum Gasteiger partial charge on any atom is 0.122 e.